The first-order valence-corrected chi connectivity index (χ1v) is 9.29. The van der Waals surface area contributed by atoms with E-state index in [9.17, 15) is 0 Å². The van der Waals surface area contributed by atoms with Crippen molar-refractivity contribution in [2.24, 2.45) is 0 Å². The number of hydrogen-bond acceptors (Lipinski definition) is 3. The minimum Gasteiger partial charge on any atom is -0.497 e. The van der Waals surface area contributed by atoms with Gasteiger partial charge in [0.25, 0.3) is 0 Å². The van der Waals surface area contributed by atoms with Crippen LogP contribution in [0.1, 0.15) is 30.2 Å². The van der Waals surface area contributed by atoms with Crippen molar-refractivity contribution < 1.29 is 9.47 Å². The zero-order valence-corrected chi connectivity index (χ0v) is 15.9. The molecule has 0 aliphatic rings. The molecule has 1 heterocycles. The fourth-order valence-corrected chi connectivity index (χ4v) is 3.22. The van der Waals surface area contributed by atoms with Crippen LogP contribution in [0.2, 0.25) is 0 Å². The fraction of sp³-hybridized carbons (Fsp3) is 0.364. The lowest BCUT2D eigenvalue weighted by Gasteiger charge is -2.09. The molecule has 138 valence electrons. The Morgan fingerprint density at radius 2 is 1.96 bits per heavy atom. The van der Waals surface area contributed by atoms with E-state index in [0.717, 1.165) is 44.0 Å². The second-order valence-electron chi connectivity index (χ2n) is 6.56. The van der Waals surface area contributed by atoms with Gasteiger partial charge in [-0.3, -0.25) is 0 Å². The van der Waals surface area contributed by atoms with Gasteiger partial charge in [0.2, 0.25) is 0 Å². The number of nitrogens with one attached hydrogen (secondary N) is 2. The van der Waals surface area contributed by atoms with Gasteiger partial charge in [-0.1, -0.05) is 19.1 Å². The summed E-state index contributed by atoms with van der Waals surface area (Å²) in [7, 11) is 1.71. The average Bonchev–Trinajstić information content (AvgIpc) is 2.98. The number of hydrogen-bond donors (Lipinski definition) is 2. The number of methoxy groups -OCH3 is 1. The third-order valence-electron chi connectivity index (χ3n) is 4.58. The number of aryl methyl sites for hydroxylation is 1. The van der Waals surface area contributed by atoms with Crippen molar-refractivity contribution in [1.29, 1.82) is 0 Å². The minimum atomic E-state index is 0.764. The molecule has 2 N–H and O–H groups in total. The topological polar surface area (TPSA) is 46.3 Å². The molecule has 0 atom stereocenters. The van der Waals surface area contributed by atoms with Crippen molar-refractivity contribution in [3.05, 3.63) is 59.3 Å². The molecule has 0 radical (unpaired) electrons. The zero-order valence-electron chi connectivity index (χ0n) is 15.9. The molecule has 3 rings (SSSR count). The summed E-state index contributed by atoms with van der Waals surface area (Å²) < 4.78 is 11.1. The van der Waals surface area contributed by atoms with Gasteiger partial charge in [0.15, 0.2) is 0 Å². The Hall–Kier alpha value is -2.46. The summed E-state index contributed by atoms with van der Waals surface area (Å²) in [6.45, 7) is 6.78. The van der Waals surface area contributed by atoms with Crippen molar-refractivity contribution in [1.82, 2.24) is 10.3 Å². The summed E-state index contributed by atoms with van der Waals surface area (Å²) in [5, 5.41) is 4.79. The zero-order chi connectivity index (χ0) is 18.4. The highest BCUT2D eigenvalue weighted by atomic mass is 16.5. The van der Waals surface area contributed by atoms with Gasteiger partial charge in [0.1, 0.15) is 11.5 Å². The second-order valence-corrected chi connectivity index (χ2v) is 6.56. The Balaban J connectivity index is 1.58. The molecular formula is C22H28N2O2. The molecule has 1 aromatic heterocycles. The van der Waals surface area contributed by atoms with E-state index < -0.39 is 0 Å². The number of rotatable bonds is 9. The number of aromatic amines is 1. The van der Waals surface area contributed by atoms with E-state index >= 15 is 0 Å². The van der Waals surface area contributed by atoms with Gasteiger partial charge in [0, 0.05) is 23.1 Å². The van der Waals surface area contributed by atoms with Crippen LogP contribution in [-0.2, 0) is 13.0 Å². The quantitative estimate of drug-likeness (QED) is 0.553. The summed E-state index contributed by atoms with van der Waals surface area (Å²) in [5.41, 5.74) is 4.99. The van der Waals surface area contributed by atoms with Crippen molar-refractivity contribution in [3.8, 4) is 11.5 Å². The summed E-state index contributed by atoms with van der Waals surface area (Å²) in [6.07, 6.45) is 2.00. The molecule has 0 saturated heterocycles. The van der Waals surface area contributed by atoms with E-state index in [0.29, 0.717) is 0 Å². The first-order chi connectivity index (χ1) is 12.7. The molecule has 3 aromatic rings. The summed E-state index contributed by atoms with van der Waals surface area (Å²) >= 11 is 0. The molecule has 2 aromatic carbocycles. The number of ether oxygens (including phenoxy) is 2. The first-order valence-electron chi connectivity index (χ1n) is 9.29. The van der Waals surface area contributed by atoms with Crippen molar-refractivity contribution >= 4 is 10.9 Å². The van der Waals surface area contributed by atoms with Crippen LogP contribution in [0.5, 0.6) is 11.5 Å². The maximum Gasteiger partial charge on any atom is 0.119 e. The van der Waals surface area contributed by atoms with E-state index in [4.69, 9.17) is 9.47 Å². The lowest BCUT2D eigenvalue weighted by molar-refractivity contribution is 0.317. The highest BCUT2D eigenvalue weighted by Gasteiger charge is 2.09. The third kappa shape index (κ3) is 4.38. The summed E-state index contributed by atoms with van der Waals surface area (Å²) in [5.74, 6) is 1.85. The smallest absolute Gasteiger partial charge is 0.119 e. The molecule has 0 aliphatic heterocycles. The predicted octanol–water partition coefficient (Wildman–Crippen LogP) is 4.61. The molecule has 4 heteroatoms. The van der Waals surface area contributed by atoms with Gasteiger partial charge in [-0.2, -0.15) is 0 Å². The highest BCUT2D eigenvalue weighted by molar-refractivity contribution is 5.86. The number of fused-ring (bicyclic) bond motifs is 1. The maximum absolute atomic E-state index is 5.70. The summed E-state index contributed by atoms with van der Waals surface area (Å²) in [6, 6.07) is 14.5. The van der Waals surface area contributed by atoms with Crippen LogP contribution in [0.25, 0.3) is 10.9 Å². The average molecular weight is 352 g/mol. The molecule has 0 unspecified atom stereocenters. The van der Waals surface area contributed by atoms with Crippen molar-refractivity contribution in [2.75, 3.05) is 20.3 Å². The lowest BCUT2D eigenvalue weighted by atomic mass is 10.1. The van der Waals surface area contributed by atoms with Gasteiger partial charge in [-0.25, -0.2) is 0 Å². The van der Waals surface area contributed by atoms with Gasteiger partial charge < -0.3 is 19.8 Å². The molecule has 0 amide bonds. The van der Waals surface area contributed by atoms with E-state index in [1.807, 2.05) is 12.1 Å². The standard InChI is InChI=1S/C22H28N2O2/c1-4-12-26-19-7-5-6-17(13-19)15-23-11-10-20-16(2)24-22-9-8-18(25-3)14-21(20)22/h5-9,13-14,23-24H,4,10-12,15H2,1-3H3. The van der Waals surface area contributed by atoms with Gasteiger partial charge in [0.05, 0.1) is 13.7 Å². The Bertz CT molecular complexity index is 854. The van der Waals surface area contributed by atoms with Crippen LogP contribution in [0.4, 0.5) is 0 Å². The van der Waals surface area contributed by atoms with Crippen LogP contribution in [0, 0.1) is 6.92 Å². The molecule has 4 nitrogen and oxygen atoms in total. The van der Waals surface area contributed by atoms with Crippen LogP contribution in [-0.4, -0.2) is 25.2 Å². The van der Waals surface area contributed by atoms with Gasteiger partial charge >= 0.3 is 0 Å². The van der Waals surface area contributed by atoms with Crippen LogP contribution < -0.4 is 14.8 Å². The molecule has 0 fully saturated rings. The van der Waals surface area contributed by atoms with Gasteiger partial charge in [-0.05, 0) is 67.8 Å². The van der Waals surface area contributed by atoms with Crippen LogP contribution in [0.15, 0.2) is 42.5 Å². The van der Waals surface area contributed by atoms with Crippen LogP contribution >= 0.6 is 0 Å². The van der Waals surface area contributed by atoms with E-state index in [1.54, 1.807) is 7.11 Å². The lowest BCUT2D eigenvalue weighted by Crippen LogP contribution is -2.17. The first kappa shape index (κ1) is 18.3. The largest absolute Gasteiger partial charge is 0.497 e. The molecule has 26 heavy (non-hydrogen) atoms. The second kappa shape index (κ2) is 8.77. The summed E-state index contributed by atoms with van der Waals surface area (Å²) in [4.78, 5) is 3.46. The maximum atomic E-state index is 5.70. The molecule has 0 saturated carbocycles. The number of benzene rings is 2. The van der Waals surface area contributed by atoms with Gasteiger partial charge in [-0.15, -0.1) is 0 Å². The van der Waals surface area contributed by atoms with E-state index in [2.05, 4.69) is 54.5 Å². The number of aromatic nitrogens is 1. The van der Waals surface area contributed by atoms with E-state index in [-0.39, 0.29) is 0 Å². The van der Waals surface area contributed by atoms with Crippen molar-refractivity contribution in [2.45, 2.75) is 33.2 Å². The predicted molar refractivity (Wildman–Crippen MR) is 107 cm³/mol. The third-order valence-corrected chi connectivity index (χ3v) is 4.58. The SMILES string of the molecule is CCCOc1cccc(CNCCc2c(C)[nH]c3ccc(OC)cc23)c1. The number of H-pyrrole nitrogens is 1. The van der Waals surface area contributed by atoms with Crippen LogP contribution in [0.3, 0.4) is 0 Å². The Labute approximate surface area is 155 Å². The van der Waals surface area contributed by atoms with E-state index in [1.165, 1.54) is 27.7 Å². The molecular weight excluding hydrogens is 324 g/mol. The monoisotopic (exact) mass is 352 g/mol. The Kier molecular flexibility index (Phi) is 6.18. The Morgan fingerprint density at radius 1 is 1.08 bits per heavy atom. The highest BCUT2D eigenvalue weighted by Crippen LogP contribution is 2.26. The molecule has 0 aliphatic carbocycles. The van der Waals surface area contributed by atoms with Crippen molar-refractivity contribution in [3.63, 3.8) is 0 Å². The molecule has 0 spiro atoms. The Morgan fingerprint density at radius 3 is 2.77 bits per heavy atom. The molecule has 0 bridgehead atoms. The fourth-order valence-electron chi connectivity index (χ4n) is 3.22. The minimum absolute atomic E-state index is 0.764. The normalized spacial score (nSPS) is 11.0.